The highest BCUT2D eigenvalue weighted by atomic mass is 32.1. The molecular weight excluding hydrogens is 308 g/mol. The number of fused-ring (bicyclic) bond motifs is 1. The molecule has 4 rings (SSSR count). The minimum Gasteiger partial charge on any atom is -0.358 e. The van der Waals surface area contributed by atoms with E-state index in [1.165, 1.54) is 16.9 Å². The van der Waals surface area contributed by atoms with Gasteiger partial charge in [-0.2, -0.15) is 20.7 Å². The van der Waals surface area contributed by atoms with E-state index in [2.05, 4.69) is 21.3 Å². The summed E-state index contributed by atoms with van der Waals surface area (Å²) in [5.41, 5.74) is 1.23. The van der Waals surface area contributed by atoms with Gasteiger partial charge < -0.3 is 15.0 Å². The van der Waals surface area contributed by atoms with Crippen LogP contribution in [0, 0.1) is 10.1 Å². The molecule has 1 atom stereocenters. The van der Waals surface area contributed by atoms with Gasteiger partial charge in [-0.3, -0.25) is 0 Å². The summed E-state index contributed by atoms with van der Waals surface area (Å²) in [6.45, 7) is 0.812. The highest BCUT2D eigenvalue weighted by Gasteiger charge is 2.35. The van der Waals surface area contributed by atoms with Gasteiger partial charge in [0.15, 0.2) is 0 Å². The number of anilines is 1. The molecule has 0 spiro atoms. The average Bonchev–Trinajstić information content (AvgIpc) is 3.21. The molecule has 3 aromatic rings. The van der Waals surface area contributed by atoms with Crippen LogP contribution in [-0.2, 0) is 0 Å². The summed E-state index contributed by atoms with van der Waals surface area (Å²) >= 11 is 3.08. The molecule has 1 unspecified atom stereocenters. The predicted octanol–water partition coefficient (Wildman–Crippen LogP) is 3.71. The average molecular weight is 320 g/mol. The summed E-state index contributed by atoms with van der Waals surface area (Å²) in [5.74, 6) is 0.578. The molecular formula is C13H12N4O2S2. The van der Waals surface area contributed by atoms with Crippen LogP contribution in [0.1, 0.15) is 24.4 Å². The maximum absolute atomic E-state index is 11.5. The lowest BCUT2D eigenvalue weighted by molar-refractivity contribution is -0.389. The van der Waals surface area contributed by atoms with Crippen molar-refractivity contribution < 1.29 is 4.92 Å². The topological polar surface area (TPSA) is 63.7 Å². The second-order valence-corrected chi connectivity index (χ2v) is 6.63. The van der Waals surface area contributed by atoms with Gasteiger partial charge in [-0.1, -0.05) is 11.3 Å². The largest absolute Gasteiger partial charge is 0.373 e. The molecule has 0 radical (unpaired) electrons. The minimum absolute atomic E-state index is 0.0772. The Morgan fingerprint density at radius 3 is 3.10 bits per heavy atom. The zero-order chi connectivity index (χ0) is 14.4. The van der Waals surface area contributed by atoms with Gasteiger partial charge in [0.2, 0.25) is 5.82 Å². The number of nitro groups is 1. The summed E-state index contributed by atoms with van der Waals surface area (Å²) in [5, 5.41) is 17.5. The fourth-order valence-corrected chi connectivity index (χ4v) is 4.37. The van der Waals surface area contributed by atoms with E-state index in [-0.39, 0.29) is 16.8 Å². The molecule has 21 heavy (non-hydrogen) atoms. The van der Waals surface area contributed by atoms with Gasteiger partial charge in [0.25, 0.3) is 4.96 Å². The second kappa shape index (κ2) is 4.81. The molecule has 108 valence electrons. The van der Waals surface area contributed by atoms with Gasteiger partial charge in [-0.25, -0.2) is 0 Å². The van der Waals surface area contributed by atoms with Crippen LogP contribution in [0.25, 0.3) is 4.96 Å². The molecule has 1 fully saturated rings. The number of hydrogen-bond acceptors (Lipinski definition) is 6. The molecule has 8 heteroatoms. The first-order valence-corrected chi connectivity index (χ1v) is 8.46. The molecule has 0 aromatic carbocycles. The Morgan fingerprint density at radius 1 is 1.43 bits per heavy atom. The Kier molecular flexibility index (Phi) is 2.93. The zero-order valence-corrected chi connectivity index (χ0v) is 12.6. The molecule has 1 saturated heterocycles. The lowest BCUT2D eigenvalue weighted by atomic mass is 10.1. The van der Waals surface area contributed by atoms with Crippen LogP contribution in [0.2, 0.25) is 0 Å². The van der Waals surface area contributed by atoms with Gasteiger partial charge in [-0.05, 0) is 40.2 Å². The van der Waals surface area contributed by atoms with Crippen molar-refractivity contribution in [2.45, 2.75) is 18.9 Å². The fraction of sp³-hybridized carbons (Fsp3) is 0.308. The summed E-state index contributed by atoms with van der Waals surface area (Å²) in [6, 6.07) is 2.29. The van der Waals surface area contributed by atoms with Gasteiger partial charge in [0.1, 0.15) is 6.20 Å². The molecule has 3 aromatic heterocycles. The SMILES string of the molecule is O=[N+]([O-])c1c(N2CCCC2c2ccsc2)nc2sccn12. The number of aromatic nitrogens is 2. The monoisotopic (exact) mass is 320 g/mol. The Morgan fingerprint density at radius 2 is 2.33 bits per heavy atom. The Hall–Kier alpha value is -1.93. The minimum atomic E-state index is -0.328. The van der Waals surface area contributed by atoms with Crippen molar-refractivity contribution in [2.24, 2.45) is 0 Å². The number of hydrogen-bond donors (Lipinski definition) is 0. The Balaban J connectivity index is 1.83. The summed E-state index contributed by atoms with van der Waals surface area (Å²) in [4.78, 5) is 18.4. The van der Waals surface area contributed by atoms with Crippen LogP contribution in [0.15, 0.2) is 28.4 Å². The van der Waals surface area contributed by atoms with E-state index >= 15 is 0 Å². The number of imidazole rings is 1. The second-order valence-electron chi connectivity index (χ2n) is 4.98. The Bertz CT molecular complexity index is 792. The number of thiazole rings is 1. The number of rotatable bonds is 3. The highest BCUT2D eigenvalue weighted by Crippen LogP contribution is 2.41. The van der Waals surface area contributed by atoms with E-state index in [1.54, 1.807) is 21.9 Å². The van der Waals surface area contributed by atoms with Crippen molar-refractivity contribution >= 4 is 39.3 Å². The van der Waals surface area contributed by atoms with Crippen molar-refractivity contribution in [1.82, 2.24) is 9.38 Å². The quantitative estimate of drug-likeness (QED) is 0.545. The molecule has 6 nitrogen and oxygen atoms in total. The van der Waals surface area contributed by atoms with Crippen molar-refractivity contribution in [3.8, 4) is 0 Å². The standard InChI is InChI=1S/C13H12N4O2S2/c18-17(19)12-11(14-13-16(12)5-7-21-13)15-4-1-2-10(15)9-3-6-20-8-9/h3,5-8,10H,1-2,4H2. The maximum Gasteiger partial charge on any atom is 0.373 e. The maximum atomic E-state index is 11.5. The number of thiophene rings is 1. The predicted molar refractivity (Wildman–Crippen MR) is 83.4 cm³/mol. The molecule has 1 aliphatic heterocycles. The Labute approximate surface area is 128 Å². The van der Waals surface area contributed by atoms with Crippen LogP contribution < -0.4 is 4.90 Å². The van der Waals surface area contributed by atoms with Crippen LogP contribution in [-0.4, -0.2) is 20.9 Å². The lowest BCUT2D eigenvalue weighted by Gasteiger charge is -2.23. The summed E-state index contributed by atoms with van der Waals surface area (Å²) in [6.07, 6.45) is 3.76. The summed E-state index contributed by atoms with van der Waals surface area (Å²) in [7, 11) is 0. The smallest absolute Gasteiger partial charge is 0.358 e. The van der Waals surface area contributed by atoms with Crippen molar-refractivity contribution in [3.05, 3.63) is 44.1 Å². The first kappa shape index (κ1) is 12.8. The molecule has 0 bridgehead atoms. The van der Waals surface area contributed by atoms with Crippen molar-refractivity contribution in [2.75, 3.05) is 11.4 Å². The van der Waals surface area contributed by atoms with Crippen LogP contribution >= 0.6 is 22.7 Å². The third-order valence-corrected chi connectivity index (χ3v) is 5.30. The van der Waals surface area contributed by atoms with E-state index < -0.39 is 0 Å². The van der Waals surface area contributed by atoms with Gasteiger partial charge in [-0.15, -0.1) is 0 Å². The van der Waals surface area contributed by atoms with Crippen LogP contribution in [0.5, 0.6) is 0 Å². The van der Waals surface area contributed by atoms with E-state index in [1.807, 2.05) is 10.8 Å². The fourth-order valence-electron chi connectivity index (χ4n) is 2.96. The van der Waals surface area contributed by atoms with Gasteiger partial charge in [0, 0.05) is 11.9 Å². The summed E-state index contributed by atoms with van der Waals surface area (Å²) < 4.78 is 1.57. The molecule has 4 heterocycles. The number of nitrogens with zero attached hydrogens (tertiary/aromatic N) is 4. The first-order chi connectivity index (χ1) is 10.3. The van der Waals surface area contributed by atoms with Crippen molar-refractivity contribution in [3.63, 3.8) is 0 Å². The molecule has 0 aliphatic carbocycles. The van der Waals surface area contributed by atoms with Crippen LogP contribution in [0.3, 0.4) is 0 Å². The van der Waals surface area contributed by atoms with E-state index in [0.717, 1.165) is 19.4 Å². The van der Waals surface area contributed by atoms with E-state index in [4.69, 9.17) is 0 Å². The lowest BCUT2D eigenvalue weighted by Crippen LogP contribution is -2.23. The van der Waals surface area contributed by atoms with Gasteiger partial charge >= 0.3 is 5.82 Å². The third kappa shape index (κ3) is 1.94. The molecule has 0 amide bonds. The van der Waals surface area contributed by atoms with Crippen molar-refractivity contribution in [1.29, 1.82) is 0 Å². The molecule has 0 saturated carbocycles. The third-order valence-electron chi connectivity index (χ3n) is 3.84. The highest BCUT2D eigenvalue weighted by molar-refractivity contribution is 7.15. The van der Waals surface area contributed by atoms with E-state index in [9.17, 15) is 10.1 Å². The molecule has 1 aliphatic rings. The zero-order valence-electron chi connectivity index (χ0n) is 11.0. The van der Waals surface area contributed by atoms with E-state index in [0.29, 0.717) is 10.8 Å². The first-order valence-electron chi connectivity index (χ1n) is 6.64. The van der Waals surface area contributed by atoms with Gasteiger partial charge in [0.05, 0.1) is 6.04 Å². The normalized spacial score (nSPS) is 18.7. The molecule has 0 N–H and O–H groups in total. The van der Waals surface area contributed by atoms with Crippen LogP contribution in [0.4, 0.5) is 11.6 Å².